The van der Waals surface area contributed by atoms with Gasteiger partial charge in [-0.2, -0.15) is 5.26 Å². The van der Waals surface area contributed by atoms with Gasteiger partial charge in [0.2, 0.25) is 0 Å². The minimum Gasteiger partial charge on any atom is -0.478 e. The lowest BCUT2D eigenvalue weighted by molar-refractivity contribution is 0.0698. The monoisotopic (exact) mass is 303 g/mol. The highest BCUT2D eigenvalue weighted by Gasteiger charge is 2.21. The number of anilines is 1. The number of pyridine rings is 1. The molecule has 106 valence electrons. The second-order valence-corrected chi connectivity index (χ2v) is 5.59. The number of aromatic carboxylic acids is 1. The normalized spacial score (nSPS) is 10.6. The van der Waals surface area contributed by atoms with Gasteiger partial charge in [0.15, 0.2) is 0 Å². The van der Waals surface area contributed by atoms with Gasteiger partial charge in [-0.25, -0.2) is 13.2 Å². The second kappa shape index (κ2) is 5.60. The molecule has 0 bridgehead atoms. The fourth-order valence-electron chi connectivity index (χ4n) is 1.66. The summed E-state index contributed by atoms with van der Waals surface area (Å²) in [5, 5.41) is 18.0. The summed E-state index contributed by atoms with van der Waals surface area (Å²) in [5.74, 6) is -1.29. The van der Waals surface area contributed by atoms with Crippen LogP contribution in [0.3, 0.4) is 0 Å². The van der Waals surface area contributed by atoms with E-state index in [1.807, 2.05) is 0 Å². The van der Waals surface area contributed by atoms with Crippen LogP contribution in [0.4, 0.5) is 5.69 Å². The molecular weight excluding hydrogens is 294 g/mol. The highest BCUT2D eigenvalue weighted by atomic mass is 32.2. The Morgan fingerprint density at radius 2 is 2.00 bits per heavy atom. The molecule has 0 aliphatic carbocycles. The van der Waals surface area contributed by atoms with Crippen molar-refractivity contribution in [3.63, 3.8) is 0 Å². The molecule has 1 aromatic carbocycles. The Morgan fingerprint density at radius 3 is 2.67 bits per heavy atom. The van der Waals surface area contributed by atoms with Crippen LogP contribution in [0.2, 0.25) is 0 Å². The molecule has 2 N–H and O–H groups in total. The van der Waals surface area contributed by atoms with E-state index in [9.17, 15) is 13.2 Å². The van der Waals surface area contributed by atoms with E-state index in [0.717, 1.165) is 6.20 Å². The van der Waals surface area contributed by atoms with Crippen LogP contribution in [0.5, 0.6) is 0 Å². The Balaban J connectivity index is 2.49. The third-order valence-corrected chi connectivity index (χ3v) is 4.02. The lowest BCUT2D eigenvalue weighted by atomic mass is 10.2. The summed E-state index contributed by atoms with van der Waals surface area (Å²) in [6.07, 6.45) is 2.33. The first-order valence-corrected chi connectivity index (χ1v) is 7.13. The van der Waals surface area contributed by atoms with Crippen LogP contribution >= 0.6 is 0 Å². The van der Waals surface area contributed by atoms with E-state index in [0.29, 0.717) is 0 Å². The number of sulfonamides is 1. The Hall–Kier alpha value is -2.92. The van der Waals surface area contributed by atoms with Gasteiger partial charge in [0.1, 0.15) is 11.0 Å². The first kappa shape index (κ1) is 14.5. The Labute approximate surface area is 120 Å². The third-order valence-electron chi connectivity index (χ3n) is 2.59. The summed E-state index contributed by atoms with van der Waals surface area (Å²) in [5.41, 5.74) is -0.438. The first-order chi connectivity index (χ1) is 9.95. The van der Waals surface area contributed by atoms with E-state index in [2.05, 4.69) is 9.71 Å². The van der Waals surface area contributed by atoms with Crippen molar-refractivity contribution in [2.24, 2.45) is 0 Å². The molecule has 0 aliphatic rings. The number of benzene rings is 1. The minimum atomic E-state index is -4.09. The molecule has 8 heteroatoms. The van der Waals surface area contributed by atoms with Crippen molar-refractivity contribution < 1.29 is 18.3 Å². The lowest BCUT2D eigenvalue weighted by Crippen LogP contribution is -2.16. The quantitative estimate of drug-likeness (QED) is 0.882. The van der Waals surface area contributed by atoms with E-state index < -0.39 is 16.0 Å². The topological polar surface area (TPSA) is 120 Å². The summed E-state index contributed by atoms with van der Waals surface area (Å²) in [4.78, 5) is 14.5. The number of rotatable bonds is 4. The Bertz CT molecular complexity index is 840. The smallest absolute Gasteiger partial charge is 0.337 e. The summed E-state index contributed by atoms with van der Waals surface area (Å²) in [7, 11) is -4.09. The van der Waals surface area contributed by atoms with Gasteiger partial charge in [0, 0.05) is 6.20 Å². The van der Waals surface area contributed by atoms with Crippen LogP contribution in [0.25, 0.3) is 0 Å². The molecular formula is C13H9N3O4S. The van der Waals surface area contributed by atoms with Crippen LogP contribution in [-0.4, -0.2) is 24.5 Å². The predicted octanol–water partition coefficient (Wildman–Crippen LogP) is 1.45. The van der Waals surface area contributed by atoms with Crippen LogP contribution in [0.1, 0.15) is 15.9 Å². The minimum absolute atomic E-state index is 0.0363. The average molecular weight is 303 g/mol. The van der Waals surface area contributed by atoms with E-state index in [1.165, 1.54) is 36.5 Å². The third kappa shape index (κ3) is 2.98. The summed E-state index contributed by atoms with van der Waals surface area (Å²) in [6.45, 7) is 0. The van der Waals surface area contributed by atoms with E-state index in [4.69, 9.17) is 10.4 Å². The van der Waals surface area contributed by atoms with Gasteiger partial charge in [-0.3, -0.25) is 9.71 Å². The van der Waals surface area contributed by atoms with Crippen molar-refractivity contribution in [1.29, 1.82) is 5.26 Å². The van der Waals surface area contributed by atoms with E-state index in [1.54, 1.807) is 6.07 Å². The number of nitriles is 1. The number of hydrogen-bond donors (Lipinski definition) is 2. The molecule has 0 spiro atoms. The zero-order valence-electron chi connectivity index (χ0n) is 10.5. The first-order valence-electron chi connectivity index (χ1n) is 5.65. The number of aromatic nitrogens is 1. The number of hydrogen-bond acceptors (Lipinski definition) is 5. The van der Waals surface area contributed by atoms with Gasteiger partial charge in [0.05, 0.1) is 23.0 Å². The summed E-state index contributed by atoms with van der Waals surface area (Å²) >= 11 is 0. The largest absolute Gasteiger partial charge is 0.478 e. The maximum absolute atomic E-state index is 12.3. The highest BCUT2D eigenvalue weighted by molar-refractivity contribution is 7.92. The van der Waals surface area contributed by atoms with Crippen molar-refractivity contribution in [3.05, 3.63) is 53.9 Å². The molecule has 21 heavy (non-hydrogen) atoms. The molecule has 2 aromatic rings. The van der Waals surface area contributed by atoms with Gasteiger partial charge in [-0.1, -0.05) is 12.1 Å². The standard InChI is InChI=1S/C13H9N3O4S/c14-7-9-3-1-2-4-12(9)21(19,20)16-11-8-15-6-5-10(11)13(17)18/h1-6,8,16H,(H,17,18). The second-order valence-electron chi connectivity index (χ2n) is 3.94. The number of nitrogens with zero attached hydrogens (tertiary/aromatic N) is 2. The van der Waals surface area contributed by atoms with Crippen molar-refractivity contribution >= 4 is 21.7 Å². The zero-order chi connectivity index (χ0) is 15.5. The molecule has 0 amide bonds. The van der Waals surface area contributed by atoms with Crippen molar-refractivity contribution in [1.82, 2.24) is 4.98 Å². The highest BCUT2D eigenvalue weighted by Crippen LogP contribution is 2.21. The number of carboxylic acid groups (broad SMARTS) is 1. The molecule has 0 fully saturated rings. The summed E-state index contributed by atoms with van der Waals surface area (Å²) < 4.78 is 26.7. The SMILES string of the molecule is N#Cc1ccccc1S(=O)(=O)Nc1cnccc1C(=O)O. The van der Waals surface area contributed by atoms with Crippen LogP contribution < -0.4 is 4.72 Å². The van der Waals surface area contributed by atoms with E-state index in [-0.39, 0.29) is 21.7 Å². The Morgan fingerprint density at radius 1 is 1.29 bits per heavy atom. The maximum atomic E-state index is 12.3. The fourth-order valence-corrected chi connectivity index (χ4v) is 2.88. The fraction of sp³-hybridized carbons (Fsp3) is 0. The van der Waals surface area contributed by atoms with Gasteiger partial charge in [0.25, 0.3) is 10.0 Å². The number of carboxylic acids is 1. The molecule has 0 atom stereocenters. The molecule has 2 rings (SSSR count). The van der Waals surface area contributed by atoms with Gasteiger partial charge in [-0.15, -0.1) is 0 Å². The molecule has 0 radical (unpaired) electrons. The Kier molecular flexibility index (Phi) is 3.86. The molecule has 1 aromatic heterocycles. The van der Waals surface area contributed by atoms with Crippen molar-refractivity contribution in [3.8, 4) is 6.07 Å². The van der Waals surface area contributed by atoms with Gasteiger partial charge < -0.3 is 5.11 Å². The summed E-state index contributed by atoms with van der Waals surface area (Å²) in [6, 6.07) is 8.57. The maximum Gasteiger partial charge on any atom is 0.337 e. The van der Waals surface area contributed by atoms with Crippen LogP contribution in [0.15, 0.2) is 47.6 Å². The molecule has 0 saturated heterocycles. The van der Waals surface area contributed by atoms with Crippen molar-refractivity contribution in [2.45, 2.75) is 4.90 Å². The molecule has 1 heterocycles. The number of carbonyl (C=O) groups is 1. The molecule has 0 saturated carbocycles. The van der Waals surface area contributed by atoms with Crippen LogP contribution in [-0.2, 0) is 10.0 Å². The lowest BCUT2D eigenvalue weighted by Gasteiger charge is -2.10. The van der Waals surface area contributed by atoms with Crippen molar-refractivity contribution in [2.75, 3.05) is 4.72 Å². The zero-order valence-corrected chi connectivity index (χ0v) is 11.3. The predicted molar refractivity (Wildman–Crippen MR) is 73.2 cm³/mol. The van der Waals surface area contributed by atoms with Gasteiger partial charge in [-0.05, 0) is 18.2 Å². The molecule has 7 nitrogen and oxygen atoms in total. The van der Waals surface area contributed by atoms with E-state index >= 15 is 0 Å². The molecule has 0 unspecified atom stereocenters. The van der Waals surface area contributed by atoms with Gasteiger partial charge >= 0.3 is 5.97 Å². The molecule has 0 aliphatic heterocycles. The van der Waals surface area contributed by atoms with Crippen LogP contribution in [0, 0.1) is 11.3 Å². The average Bonchev–Trinajstić information content (AvgIpc) is 2.47. The number of nitrogens with one attached hydrogen (secondary N) is 1.